The SMILES string of the molecule is CCn1cc(OCc2ccoc2CNC(C)C)cn1. The zero-order valence-corrected chi connectivity index (χ0v) is 11.7. The van der Waals surface area contributed by atoms with Crippen molar-refractivity contribution in [1.29, 1.82) is 0 Å². The number of aryl methyl sites for hydroxylation is 1. The summed E-state index contributed by atoms with van der Waals surface area (Å²) in [6, 6.07) is 2.38. The minimum atomic E-state index is 0.432. The van der Waals surface area contributed by atoms with Gasteiger partial charge in [0.2, 0.25) is 0 Å². The molecule has 0 amide bonds. The number of nitrogens with zero attached hydrogens (tertiary/aromatic N) is 2. The first-order valence-electron chi connectivity index (χ1n) is 6.63. The standard InChI is InChI=1S/C14H21N3O2/c1-4-17-9-13(7-16-17)19-10-12-5-6-18-14(12)8-15-11(2)3/h5-7,9,11,15H,4,8,10H2,1-3H3. The van der Waals surface area contributed by atoms with Gasteiger partial charge in [-0.3, -0.25) is 4.68 Å². The second kappa shape index (κ2) is 6.43. The third-order valence-electron chi connectivity index (χ3n) is 2.84. The van der Waals surface area contributed by atoms with E-state index in [1.807, 2.05) is 23.9 Å². The van der Waals surface area contributed by atoms with Crippen molar-refractivity contribution in [2.45, 2.75) is 46.5 Å². The highest BCUT2D eigenvalue weighted by Crippen LogP contribution is 2.15. The normalized spacial score (nSPS) is 11.2. The fraction of sp³-hybridized carbons (Fsp3) is 0.500. The molecule has 0 aliphatic rings. The fourth-order valence-electron chi connectivity index (χ4n) is 1.70. The highest BCUT2D eigenvalue weighted by Gasteiger charge is 2.08. The molecule has 2 heterocycles. The maximum atomic E-state index is 5.71. The largest absolute Gasteiger partial charge is 0.485 e. The Morgan fingerprint density at radius 2 is 2.32 bits per heavy atom. The van der Waals surface area contributed by atoms with Crippen molar-refractivity contribution in [3.8, 4) is 5.75 Å². The van der Waals surface area contributed by atoms with Gasteiger partial charge in [0, 0.05) is 18.2 Å². The monoisotopic (exact) mass is 263 g/mol. The summed E-state index contributed by atoms with van der Waals surface area (Å²) in [5.41, 5.74) is 1.07. The maximum Gasteiger partial charge on any atom is 0.157 e. The van der Waals surface area contributed by atoms with Crippen LogP contribution >= 0.6 is 0 Å². The van der Waals surface area contributed by atoms with Crippen LogP contribution < -0.4 is 10.1 Å². The van der Waals surface area contributed by atoms with E-state index in [2.05, 4.69) is 24.3 Å². The Bertz CT molecular complexity index is 502. The van der Waals surface area contributed by atoms with Gasteiger partial charge in [0.1, 0.15) is 12.4 Å². The first-order chi connectivity index (χ1) is 9.19. The molecule has 0 radical (unpaired) electrons. The smallest absolute Gasteiger partial charge is 0.157 e. The average Bonchev–Trinajstić information content (AvgIpc) is 3.02. The van der Waals surface area contributed by atoms with Crippen LogP contribution in [0.4, 0.5) is 0 Å². The molecule has 0 unspecified atom stereocenters. The molecule has 2 aromatic rings. The maximum absolute atomic E-state index is 5.71. The predicted octanol–water partition coefficient (Wildman–Crippen LogP) is 2.57. The summed E-state index contributed by atoms with van der Waals surface area (Å²) >= 11 is 0. The van der Waals surface area contributed by atoms with E-state index < -0.39 is 0 Å². The van der Waals surface area contributed by atoms with Gasteiger partial charge in [-0.05, 0) is 13.0 Å². The molecule has 1 N–H and O–H groups in total. The van der Waals surface area contributed by atoms with Crippen molar-refractivity contribution in [3.05, 3.63) is 36.0 Å². The van der Waals surface area contributed by atoms with E-state index in [9.17, 15) is 0 Å². The third kappa shape index (κ3) is 3.86. The summed E-state index contributed by atoms with van der Waals surface area (Å²) in [4.78, 5) is 0. The van der Waals surface area contributed by atoms with Crippen LogP contribution in [-0.2, 0) is 19.7 Å². The number of furan rings is 1. The molecule has 5 heteroatoms. The number of rotatable bonds is 7. The lowest BCUT2D eigenvalue weighted by atomic mass is 10.2. The van der Waals surface area contributed by atoms with E-state index in [0.717, 1.165) is 30.2 Å². The van der Waals surface area contributed by atoms with Crippen molar-refractivity contribution < 1.29 is 9.15 Å². The lowest BCUT2D eigenvalue weighted by molar-refractivity contribution is 0.300. The molecule has 0 bridgehead atoms. The van der Waals surface area contributed by atoms with Crippen LogP contribution in [0.3, 0.4) is 0 Å². The van der Waals surface area contributed by atoms with Gasteiger partial charge < -0.3 is 14.5 Å². The quantitative estimate of drug-likeness (QED) is 0.834. The number of ether oxygens (including phenoxy) is 1. The van der Waals surface area contributed by atoms with Gasteiger partial charge in [-0.2, -0.15) is 5.10 Å². The van der Waals surface area contributed by atoms with Crippen LogP contribution in [0.2, 0.25) is 0 Å². The van der Waals surface area contributed by atoms with Crippen LogP contribution in [0.1, 0.15) is 32.1 Å². The molecule has 0 spiro atoms. The van der Waals surface area contributed by atoms with Gasteiger partial charge in [-0.1, -0.05) is 13.8 Å². The van der Waals surface area contributed by atoms with Gasteiger partial charge in [0.15, 0.2) is 5.75 Å². The van der Waals surface area contributed by atoms with Crippen molar-refractivity contribution in [3.63, 3.8) is 0 Å². The Balaban J connectivity index is 1.90. The molecule has 5 nitrogen and oxygen atoms in total. The first kappa shape index (κ1) is 13.7. The fourth-order valence-corrected chi connectivity index (χ4v) is 1.70. The van der Waals surface area contributed by atoms with E-state index in [4.69, 9.17) is 9.15 Å². The third-order valence-corrected chi connectivity index (χ3v) is 2.84. The molecular weight excluding hydrogens is 242 g/mol. The second-order valence-corrected chi connectivity index (χ2v) is 4.73. The molecule has 0 saturated carbocycles. The summed E-state index contributed by atoms with van der Waals surface area (Å²) < 4.78 is 13.0. The van der Waals surface area contributed by atoms with Gasteiger partial charge in [-0.25, -0.2) is 0 Å². The van der Waals surface area contributed by atoms with Gasteiger partial charge in [0.05, 0.1) is 25.2 Å². The zero-order chi connectivity index (χ0) is 13.7. The molecule has 0 aromatic carbocycles. The van der Waals surface area contributed by atoms with Crippen LogP contribution in [0.15, 0.2) is 29.1 Å². The molecule has 0 saturated heterocycles. The second-order valence-electron chi connectivity index (χ2n) is 4.73. The van der Waals surface area contributed by atoms with E-state index in [-0.39, 0.29) is 0 Å². The number of nitrogens with one attached hydrogen (secondary N) is 1. The first-order valence-corrected chi connectivity index (χ1v) is 6.63. The molecule has 0 aliphatic carbocycles. The van der Waals surface area contributed by atoms with Crippen molar-refractivity contribution in [2.24, 2.45) is 0 Å². The van der Waals surface area contributed by atoms with E-state index in [1.165, 1.54) is 0 Å². The van der Waals surface area contributed by atoms with E-state index in [1.54, 1.807) is 12.5 Å². The number of hydrogen-bond acceptors (Lipinski definition) is 4. The summed E-state index contributed by atoms with van der Waals surface area (Å²) in [7, 11) is 0. The Labute approximate surface area is 113 Å². The zero-order valence-electron chi connectivity index (χ0n) is 11.7. The van der Waals surface area contributed by atoms with Gasteiger partial charge >= 0.3 is 0 Å². The molecule has 0 aliphatic heterocycles. The van der Waals surface area contributed by atoms with Crippen LogP contribution in [0.5, 0.6) is 5.75 Å². The summed E-state index contributed by atoms with van der Waals surface area (Å²) in [5, 5.41) is 7.51. The van der Waals surface area contributed by atoms with Gasteiger partial charge in [-0.15, -0.1) is 0 Å². The Kier molecular flexibility index (Phi) is 4.63. The molecule has 19 heavy (non-hydrogen) atoms. The molecule has 104 valence electrons. The Morgan fingerprint density at radius 3 is 3.00 bits per heavy atom. The lowest BCUT2D eigenvalue weighted by Gasteiger charge is -2.08. The van der Waals surface area contributed by atoms with Crippen LogP contribution in [0, 0.1) is 0 Å². The van der Waals surface area contributed by atoms with Crippen molar-refractivity contribution in [1.82, 2.24) is 15.1 Å². The number of aromatic nitrogens is 2. The lowest BCUT2D eigenvalue weighted by Crippen LogP contribution is -2.22. The van der Waals surface area contributed by atoms with Gasteiger partial charge in [0.25, 0.3) is 0 Å². The molecule has 0 atom stereocenters. The average molecular weight is 263 g/mol. The number of hydrogen-bond donors (Lipinski definition) is 1. The van der Waals surface area contributed by atoms with Crippen LogP contribution in [0.25, 0.3) is 0 Å². The highest BCUT2D eigenvalue weighted by atomic mass is 16.5. The summed E-state index contributed by atoms with van der Waals surface area (Å²) in [6.07, 6.45) is 5.33. The van der Waals surface area contributed by atoms with Crippen molar-refractivity contribution >= 4 is 0 Å². The predicted molar refractivity (Wildman–Crippen MR) is 72.9 cm³/mol. The molecule has 0 fully saturated rings. The van der Waals surface area contributed by atoms with E-state index in [0.29, 0.717) is 12.6 Å². The minimum absolute atomic E-state index is 0.432. The van der Waals surface area contributed by atoms with Crippen molar-refractivity contribution in [2.75, 3.05) is 0 Å². The Morgan fingerprint density at radius 1 is 1.47 bits per heavy atom. The van der Waals surface area contributed by atoms with E-state index >= 15 is 0 Å². The summed E-state index contributed by atoms with van der Waals surface area (Å²) in [6.45, 7) is 8.33. The molecule has 2 rings (SSSR count). The minimum Gasteiger partial charge on any atom is -0.485 e. The summed E-state index contributed by atoms with van der Waals surface area (Å²) in [5.74, 6) is 1.71. The topological polar surface area (TPSA) is 52.2 Å². The Hall–Kier alpha value is -1.75. The molecule has 2 aromatic heterocycles. The molecular formula is C14H21N3O2. The highest BCUT2D eigenvalue weighted by molar-refractivity contribution is 5.18. The van der Waals surface area contributed by atoms with Crippen LogP contribution in [-0.4, -0.2) is 15.8 Å².